The van der Waals surface area contributed by atoms with Gasteiger partial charge in [0.2, 0.25) is 0 Å². The van der Waals surface area contributed by atoms with Crippen molar-refractivity contribution in [1.82, 2.24) is 19.7 Å². The molecule has 1 aromatic carbocycles. The highest BCUT2D eigenvalue weighted by atomic mass is 127. The van der Waals surface area contributed by atoms with E-state index in [0.29, 0.717) is 6.42 Å². The molecule has 0 aliphatic heterocycles. The van der Waals surface area contributed by atoms with Gasteiger partial charge < -0.3 is 4.90 Å². The van der Waals surface area contributed by atoms with Gasteiger partial charge in [-0.25, -0.2) is 4.98 Å². The molecule has 35 heavy (non-hydrogen) atoms. The first-order chi connectivity index (χ1) is 17.0. The highest BCUT2D eigenvalue weighted by Gasteiger charge is 2.16. The van der Waals surface area contributed by atoms with E-state index in [1.54, 1.807) is 0 Å². The molecule has 7 heteroatoms. The number of benzene rings is 1. The molecule has 0 radical (unpaired) electrons. The van der Waals surface area contributed by atoms with Crippen molar-refractivity contribution in [2.75, 3.05) is 18.0 Å². The van der Waals surface area contributed by atoms with E-state index in [4.69, 9.17) is 5.10 Å². The minimum Gasteiger partial charge on any atom is -0.357 e. The van der Waals surface area contributed by atoms with Crippen molar-refractivity contribution < 1.29 is 4.79 Å². The molecular weight excluding hydrogens is 549 g/mol. The number of hydrogen-bond acceptors (Lipinski definition) is 5. The molecule has 0 fully saturated rings. The lowest BCUT2D eigenvalue weighted by Crippen LogP contribution is -2.27. The van der Waals surface area contributed by atoms with Crippen LogP contribution in [-0.2, 0) is 11.3 Å². The smallest absolute Gasteiger partial charge is 0.154 e. The standard InChI is InChI=1S/C28H30IN5O/c1-3-15-33(28-13-7-8-14-30-28)16-9-12-23(35)20-34-27(22-10-5-4-6-11-22)18-26(32-34)25-17-21(2)24(29)19-31-25/h4-8,10-11,13-14,17-19H,3,9,12,15-16,20H2,1-2H3. The van der Waals surface area contributed by atoms with Gasteiger partial charge in [0.25, 0.3) is 0 Å². The molecule has 0 saturated heterocycles. The van der Waals surface area contributed by atoms with Crippen molar-refractivity contribution in [3.8, 4) is 22.6 Å². The van der Waals surface area contributed by atoms with Gasteiger partial charge in [0.1, 0.15) is 18.1 Å². The number of aromatic nitrogens is 4. The van der Waals surface area contributed by atoms with Crippen LogP contribution in [0, 0.1) is 10.5 Å². The summed E-state index contributed by atoms with van der Waals surface area (Å²) < 4.78 is 2.94. The molecule has 0 saturated carbocycles. The van der Waals surface area contributed by atoms with Gasteiger partial charge in [0.15, 0.2) is 5.78 Å². The lowest BCUT2D eigenvalue weighted by molar-refractivity contribution is -0.119. The fraction of sp³-hybridized carbons (Fsp3) is 0.286. The number of aryl methyl sites for hydroxylation is 1. The van der Waals surface area contributed by atoms with E-state index in [1.165, 1.54) is 0 Å². The number of rotatable bonds is 11. The molecule has 0 N–H and O–H groups in total. The van der Waals surface area contributed by atoms with Gasteiger partial charge in [0, 0.05) is 35.5 Å². The Kier molecular flexibility index (Phi) is 8.63. The molecule has 4 rings (SSSR count). The molecule has 3 heterocycles. The Morgan fingerprint density at radius 2 is 1.80 bits per heavy atom. The Hall–Kier alpha value is -3.07. The maximum absolute atomic E-state index is 13.0. The van der Waals surface area contributed by atoms with Crippen LogP contribution in [0.15, 0.2) is 73.1 Å². The van der Waals surface area contributed by atoms with Gasteiger partial charge >= 0.3 is 0 Å². The molecule has 0 aliphatic rings. The number of nitrogens with zero attached hydrogens (tertiary/aromatic N) is 5. The second kappa shape index (κ2) is 12.1. The summed E-state index contributed by atoms with van der Waals surface area (Å²) >= 11 is 2.28. The van der Waals surface area contributed by atoms with Gasteiger partial charge in [-0.15, -0.1) is 0 Å². The second-order valence-corrected chi connectivity index (χ2v) is 9.74. The van der Waals surface area contributed by atoms with Crippen LogP contribution in [0.1, 0.15) is 31.7 Å². The molecule has 3 aromatic heterocycles. The summed E-state index contributed by atoms with van der Waals surface area (Å²) in [4.78, 5) is 24.3. The number of carbonyl (C=O) groups excluding carboxylic acids is 1. The van der Waals surface area contributed by atoms with E-state index in [0.717, 1.165) is 63.5 Å². The number of ketones is 1. The molecule has 6 nitrogen and oxygen atoms in total. The highest BCUT2D eigenvalue weighted by molar-refractivity contribution is 14.1. The number of pyridine rings is 2. The van der Waals surface area contributed by atoms with E-state index in [-0.39, 0.29) is 12.3 Å². The summed E-state index contributed by atoms with van der Waals surface area (Å²) in [5.74, 6) is 1.13. The molecule has 180 valence electrons. The van der Waals surface area contributed by atoms with Gasteiger partial charge in [-0.2, -0.15) is 5.10 Å². The minimum atomic E-state index is 0.168. The Morgan fingerprint density at radius 1 is 1.00 bits per heavy atom. The maximum atomic E-state index is 13.0. The highest BCUT2D eigenvalue weighted by Crippen LogP contribution is 2.26. The first kappa shape index (κ1) is 25.0. The van der Waals surface area contributed by atoms with Crippen LogP contribution >= 0.6 is 22.6 Å². The predicted molar refractivity (Wildman–Crippen MR) is 149 cm³/mol. The Labute approximate surface area is 220 Å². The van der Waals surface area contributed by atoms with Crippen LogP contribution in [0.5, 0.6) is 0 Å². The summed E-state index contributed by atoms with van der Waals surface area (Å²) in [5, 5.41) is 4.80. The first-order valence-corrected chi connectivity index (χ1v) is 13.1. The van der Waals surface area contributed by atoms with Gasteiger partial charge in [-0.05, 0) is 77.7 Å². The average Bonchev–Trinajstić information content (AvgIpc) is 3.30. The summed E-state index contributed by atoms with van der Waals surface area (Å²) in [6.45, 7) is 6.20. The number of Topliss-reactive ketones (excluding diaryl/α,β-unsaturated/α-hetero) is 1. The number of anilines is 1. The van der Waals surface area contributed by atoms with Gasteiger partial charge in [-0.3, -0.25) is 14.5 Å². The fourth-order valence-corrected chi connectivity index (χ4v) is 4.34. The van der Waals surface area contributed by atoms with E-state index in [9.17, 15) is 4.79 Å². The lowest BCUT2D eigenvalue weighted by atomic mass is 10.1. The summed E-state index contributed by atoms with van der Waals surface area (Å²) in [7, 11) is 0. The van der Waals surface area contributed by atoms with E-state index >= 15 is 0 Å². The third-order valence-corrected chi connectivity index (χ3v) is 6.96. The molecule has 0 unspecified atom stereocenters. The molecule has 0 amide bonds. The van der Waals surface area contributed by atoms with Crippen molar-refractivity contribution in [1.29, 1.82) is 0 Å². The van der Waals surface area contributed by atoms with Crippen LogP contribution in [0.3, 0.4) is 0 Å². The Balaban J connectivity index is 1.48. The molecule has 0 atom stereocenters. The Bertz CT molecular complexity index is 1260. The number of halogens is 1. The van der Waals surface area contributed by atoms with E-state index in [2.05, 4.69) is 51.3 Å². The van der Waals surface area contributed by atoms with Crippen LogP contribution in [0.25, 0.3) is 22.6 Å². The number of carbonyl (C=O) groups is 1. The van der Waals surface area contributed by atoms with Crippen molar-refractivity contribution >= 4 is 34.2 Å². The maximum Gasteiger partial charge on any atom is 0.154 e. The number of hydrogen-bond donors (Lipinski definition) is 0. The minimum absolute atomic E-state index is 0.168. The third-order valence-electron chi connectivity index (χ3n) is 5.84. The van der Waals surface area contributed by atoms with Crippen molar-refractivity contribution in [3.05, 3.63) is 82.2 Å². The Morgan fingerprint density at radius 3 is 2.51 bits per heavy atom. The van der Waals surface area contributed by atoms with E-state index in [1.807, 2.05) is 77.7 Å². The largest absolute Gasteiger partial charge is 0.357 e. The summed E-state index contributed by atoms with van der Waals surface area (Å²) in [5.41, 5.74) is 4.71. The molecule has 0 bridgehead atoms. The SMILES string of the molecule is CCCN(CCCC(=O)Cn1nc(-c2cc(C)c(I)cn2)cc1-c1ccccc1)c1ccccn1. The molecular formula is C28H30IN5O. The van der Waals surface area contributed by atoms with Crippen LogP contribution < -0.4 is 4.90 Å². The predicted octanol–water partition coefficient (Wildman–Crippen LogP) is 6.19. The molecule has 4 aromatic rings. The monoisotopic (exact) mass is 579 g/mol. The molecule has 0 spiro atoms. The van der Waals surface area contributed by atoms with Crippen molar-refractivity contribution in [3.63, 3.8) is 0 Å². The van der Waals surface area contributed by atoms with Crippen molar-refractivity contribution in [2.24, 2.45) is 0 Å². The topological polar surface area (TPSA) is 63.9 Å². The summed E-state index contributed by atoms with van der Waals surface area (Å²) in [6.07, 6.45) is 5.99. The third kappa shape index (κ3) is 6.54. The van der Waals surface area contributed by atoms with Crippen molar-refractivity contribution in [2.45, 2.75) is 39.7 Å². The zero-order valence-corrected chi connectivity index (χ0v) is 22.4. The molecule has 0 aliphatic carbocycles. The van der Waals surface area contributed by atoms with Gasteiger partial charge in [0.05, 0.1) is 11.4 Å². The average molecular weight is 579 g/mol. The van der Waals surface area contributed by atoms with Crippen LogP contribution in [-0.4, -0.2) is 38.6 Å². The quantitative estimate of drug-likeness (QED) is 0.199. The first-order valence-electron chi connectivity index (χ1n) is 12.0. The fourth-order valence-electron chi connectivity index (χ4n) is 4.05. The second-order valence-electron chi connectivity index (χ2n) is 8.57. The van der Waals surface area contributed by atoms with Crippen LogP contribution in [0.2, 0.25) is 0 Å². The zero-order valence-electron chi connectivity index (χ0n) is 20.2. The lowest BCUT2D eigenvalue weighted by Gasteiger charge is -2.22. The van der Waals surface area contributed by atoms with Crippen LogP contribution in [0.4, 0.5) is 5.82 Å². The van der Waals surface area contributed by atoms with Gasteiger partial charge in [-0.1, -0.05) is 43.3 Å². The normalized spacial score (nSPS) is 10.9. The van der Waals surface area contributed by atoms with E-state index < -0.39 is 0 Å². The zero-order chi connectivity index (χ0) is 24.6. The summed E-state index contributed by atoms with van der Waals surface area (Å²) in [6, 6.07) is 20.1.